The first-order chi connectivity index (χ1) is 12.6. The van der Waals surface area contributed by atoms with Gasteiger partial charge in [0.05, 0.1) is 0 Å². The topological polar surface area (TPSA) is 56.1 Å². The number of benzene rings is 2. The molecule has 1 amide bonds. The predicted octanol–water partition coefficient (Wildman–Crippen LogP) is 4.61. The van der Waals surface area contributed by atoms with E-state index in [4.69, 9.17) is 0 Å². The van der Waals surface area contributed by atoms with Crippen LogP contribution in [0.1, 0.15) is 37.3 Å². The fraction of sp³-hybridized carbons (Fsp3) is 0.273. The molecule has 4 heteroatoms. The van der Waals surface area contributed by atoms with Crippen LogP contribution in [0.15, 0.2) is 60.3 Å². The summed E-state index contributed by atoms with van der Waals surface area (Å²) < 4.78 is 0. The number of fused-ring (bicyclic) bond motifs is 1. The Morgan fingerprint density at radius 2 is 1.92 bits per heavy atom. The maximum absolute atomic E-state index is 12.5. The lowest BCUT2D eigenvalue weighted by Crippen LogP contribution is -2.26. The zero-order chi connectivity index (χ0) is 18.5. The molecule has 1 aliphatic heterocycles. The molecule has 3 rings (SSSR count). The van der Waals surface area contributed by atoms with E-state index in [9.17, 15) is 10.1 Å². The summed E-state index contributed by atoms with van der Waals surface area (Å²) in [6.45, 7) is 5.06. The Morgan fingerprint density at radius 1 is 1.19 bits per heavy atom. The SMILES string of the molecule is CC(C)c1ccc(NC(=O)/C(C#N)=C\N2CCCc3ccccc32)cc1. The van der Waals surface area contributed by atoms with E-state index in [2.05, 4.69) is 25.2 Å². The maximum atomic E-state index is 12.5. The van der Waals surface area contributed by atoms with Crippen molar-refractivity contribution in [1.82, 2.24) is 0 Å². The third kappa shape index (κ3) is 3.94. The van der Waals surface area contributed by atoms with Crippen molar-refractivity contribution in [3.63, 3.8) is 0 Å². The molecule has 2 aromatic carbocycles. The lowest BCUT2D eigenvalue weighted by atomic mass is 10.0. The molecule has 2 aromatic rings. The van der Waals surface area contributed by atoms with E-state index in [1.54, 1.807) is 6.20 Å². The van der Waals surface area contributed by atoms with E-state index in [1.165, 1.54) is 11.1 Å². The zero-order valence-corrected chi connectivity index (χ0v) is 15.2. The zero-order valence-electron chi connectivity index (χ0n) is 15.2. The predicted molar refractivity (Wildman–Crippen MR) is 105 cm³/mol. The molecule has 0 radical (unpaired) electrons. The summed E-state index contributed by atoms with van der Waals surface area (Å²) in [6.07, 6.45) is 3.69. The van der Waals surface area contributed by atoms with Gasteiger partial charge in [0, 0.05) is 24.1 Å². The van der Waals surface area contributed by atoms with Crippen molar-refractivity contribution in [2.75, 3.05) is 16.8 Å². The first-order valence-corrected chi connectivity index (χ1v) is 8.96. The van der Waals surface area contributed by atoms with Gasteiger partial charge in [0.2, 0.25) is 0 Å². The van der Waals surface area contributed by atoms with Gasteiger partial charge in [-0.3, -0.25) is 4.79 Å². The van der Waals surface area contributed by atoms with Gasteiger partial charge in [-0.25, -0.2) is 0 Å². The number of carbonyl (C=O) groups is 1. The first-order valence-electron chi connectivity index (χ1n) is 8.96. The van der Waals surface area contributed by atoms with Gasteiger partial charge < -0.3 is 10.2 Å². The van der Waals surface area contributed by atoms with E-state index in [-0.39, 0.29) is 11.5 Å². The number of carbonyl (C=O) groups excluding carboxylic acids is 1. The highest BCUT2D eigenvalue weighted by Gasteiger charge is 2.17. The minimum absolute atomic E-state index is 0.106. The number of nitrogens with one attached hydrogen (secondary N) is 1. The summed E-state index contributed by atoms with van der Waals surface area (Å²) in [4.78, 5) is 14.5. The summed E-state index contributed by atoms with van der Waals surface area (Å²) in [6, 6.07) is 17.9. The van der Waals surface area contributed by atoms with Gasteiger partial charge in [0.15, 0.2) is 0 Å². The van der Waals surface area contributed by atoms with Gasteiger partial charge in [0.25, 0.3) is 5.91 Å². The molecule has 4 nitrogen and oxygen atoms in total. The summed E-state index contributed by atoms with van der Waals surface area (Å²) in [5.74, 6) is 0.0568. The summed E-state index contributed by atoms with van der Waals surface area (Å²) >= 11 is 0. The minimum Gasteiger partial charge on any atom is -0.346 e. The highest BCUT2D eigenvalue weighted by Crippen LogP contribution is 2.27. The third-order valence-corrected chi connectivity index (χ3v) is 4.63. The molecule has 0 saturated carbocycles. The molecule has 26 heavy (non-hydrogen) atoms. The summed E-state index contributed by atoms with van der Waals surface area (Å²) in [5.41, 5.74) is 4.33. The average molecular weight is 345 g/mol. The number of anilines is 2. The van der Waals surface area contributed by atoms with Crippen LogP contribution in [0.3, 0.4) is 0 Å². The minimum atomic E-state index is -0.382. The van der Waals surface area contributed by atoms with Gasteiger partial charge >= 0.3 is 0 Å². The molecule has 1 heterocycles. The van der Waals surface area contributed by atoms with Gasteiger partial charge in [-0.05, 0) is 48.1 Å². The second-order valence-electron chi connectivity index (χ2n) is 6.81. The van der Waals surface area contributed by atoms with Crippen LogP contribution in [0.25, 0.3) is 0 Å². The first kappa shape index (κ1) is 17.8. The molecule has 0 unspecified atom stereocenters. The number of nitrogens with zero attached hydrogens (tertiary/aromatic N) is 2. The highest BCUT2D eigenvalue weighted by molar-refractivity contribution is 6.06. The largest absolute Gasteiger partial charge is 0.346 e. The Labute approximate surface area is 154 Å². The van der Waals surface area contributed by atoms with E-state index in [0.29, 0.717) is 11.6 Å². The number of aryl methyl sites for hydroxylation is 1. The molecule has 0 saturated heterocycles. The van der Waals surface area contributed by atoms with Crippen LogP contribution >= 0.6 is 0 Å². The molecule has 0 aliphatic carbocycles. The van der Waals surface area contributed by atoms with Crippen LogP contribution in [0, 0.1) is 11.3 Å². The van der Waals surface area contributed by atoms with Crippen LogP contribution in [-0.2, 0) is 11.2 Å². The Kier molecular flexibility index (Phi) is 5.38. The normalized spacial score (nSPS) is 13.9. The Hall–Kier alpha value is -3.06. The van der Waals surface area contributed by atoms with Crippen molar-refractivity contribution in [3.8, 4) is 6.07 Å². The lowest BCUT2D eigenvalue weighted by molar-refractivity contribution is -0.112. The van der Waals surface area contributed by atoms with Crippen molar-refractivity contribution in [3.05, 3.63) is 71.4 Å². The van der Waals surface area contributed by atoms with E-state index < -0.39 is 0 Å². The molecule has 0 atom stereocenters. The average Bonchev–Trinajstić information content (AvgIpc) is 2.66. The maximum Gasteiger partial charge on any atom is 0.267 e. The monoisotopic (exact) mass is 345 g/mol. The number of hydrogen-bond acceptors (Lipinski definition) is 3. The van der Waals surface area contributed by atoms with Crippen LogP contribution in [0.4, 0.5) is 11.4 Å². The lowest BCUT2D eigenvalue weighted by Gasteiger charge is -2.28. The summed E-state index contributed by atoms with van der Waals surface area (Å²) in [7, 11) is 0. The molecule has 1 aliphatic rings. The fourth-order valence-corrected chi connectivity index (χ4v) is 3.14. The van der Waals surface area contributed by atoms with Crippen molar-refractivity contribution in [2.24, 2.45) is 0 Å². The van der Waals surface area contributed by atoms with Gasteiger partial charge in [-0.15, -0.1) is 0 Å². The van der Waals surface area contributed by atoms with Gasteiger partial charge in [-0.1, -0.05) is 44.2 Å². The van der Waals surface area contributed by atoms with E-state index in [0.717, 1.165) is 25.1 Å². The van der Waals surface area contributed by atoms with Gasteiger partial charge in [0.1, 0.15) is 11.6 Å². The smallest absolute Gasteiger partial charge is 0.267 e. The molecule has 132 valence electrons. The molecule has 1 N–H and O–H groups in total. The molecule has 0 bridgehead atoms. The third-order valence-electron chi connectivity index (χ3n) is 4.63. The second-order valence-corrected chi connectivity index (χ2v) is 6.81. The van der Waals surface area contributed by atoms with Crippen molar-refractivity contribution in [1.29, 1.82) is 5.26 Å². The molecule has 0 fully saturated rings. The van der Waals surface area contributed by atoms with Crippen molar-refractivity contribution >= 4 is 17.3 Å². The van der Waals surface area contributed by atoms with Crippen LogP contribution in [0.2, 0.25) is 0 Å². The Balaban J connectivity index is 1.77. The summed E-state index contributed by atoms with van der Waals surface area (Å²) in [5, 5.41) is 12.3. The van der Waals surface area contributed by atoms with Crippen LogP contribution < -0.4 is 10.2 Å². The Bertz CT molecular complexity index is 860. The standard InChI is InChI=1S/C22H23N3O/c1-16(2)17-9-11-20(12-10-17)24-22(26)19(14-23)15-25-13-5-7-18-6-3-4-8-21(18)25/h3-4,6,8-12,15-16H,5,7,13H2,1-2H3,(H,24,26)/b19-15-. The molecule has 0 spiro atoms. The number of rotatable bonds is 4. The van der Waals surface area contributed by atoms with Gasteiger partial charge in [-0.2, -0.15) is 5.26 Å². The number of nitriles is 1. The number of hydrogen-bond donors (Lipinski definition) is 1. The fourth-order valence-electron chi connectivity index (χ4n) is 3.14. The number of amides is 1. The van der Waals surface area contributed by atoms with Crippen molar-refractivity contribution < 1.29 is 4.79 Å². The molecule has 0 aromatic heterocycles. The van der Waals surface area contributed by atoms with Crippen LogP contribution in [0.5, 0.6) is 0 Å². The quantitative estimate of drug-likeness (QED) is 0.650. The van der Waals surface area contributed by atoms with E-state index in [1.807, 2.05) is 53.4 Å². The number of para-hydroxylation sites is 1. The Morgan fingerprint density at radius 3 is 2.62 bits per heavy atom. The molecular formula is C22H23N3O. The highest BCUT2D eigenvalue weighted by atomic mass is 16.1. The van der Waals surface area contributed by atoms with Crippen LogP contribution in [-0.4, -0.2) is 12.5 Å². The molecular weight excluding hydrogens is 322 g/mol. The van der Waals surface area contributed by atoms with Crippen molar-refractivity contribution in [2.45, 2.75) is 32.6 Å². The second kappa shape index (κ2) is 7.88. The van der Waals surface area contributed by atoms with E-state index >= 15 is 0 Å².